The van der Waals surface area contributed by atoms with Crippen molar-refractivity contribution in [3.63, 3.8) is 0 Å². The summed E-state index contributed by atoms with van der Waals surface area (Å²) in [6, 6.07) is 7.92. The van der Waals surface area contributed by atoms with Crippen LogP contribution < -0.4 is 5.73 Å². The fourth-order valence-electron chi connectivity index (χ4n) is 1.33. The van der Waals surface area contributed by atoms with Crippen molar-refractivity contribution in [2.75, 3.05) is 0 Å². The Hall–Kier alpha value is -0.770. The van der Waals surface area contributed by atoms with Crippen LogP contribution in [0, 0.1) is 0 Å². The van der Waals surface area contributed by atoms with Gasteiger partial charge in [0.1, 0.15) is 4.87 Å². The molecule has 1 atom stereocenters. The third kappa shape index (κ3) is 2.25. The van der Waals surface area contributed by atoms with Crippen LogP contribution in [-0.4, -0.2) is 10.7 Å². The summed E-state index contributed by atoms with van der Waals surface area (Å²) < 4.78 is 0. The Labute approximate surface area is 99.3 Å². The number of carbonyl (C=O) groups is 1. The Bertz CT molecular complexity index is 419. The molecule has 0 radical (unpaired) electrons. The molecule has 0 aromatic heterocycles. The highest BCUT2D eigenvalue weighted by Gasteiger charge is 2.31. The average Bonchev–Trinajstić information content (AvgIpc) is 2.17. The molecule has 2 N–H and O–H groups in total. The minimum Gasteiger partial charge on any atom is -0.307 e. The van der Waals surface area contributed by atoms with E-state index >= 15 is 0 Å². The zero-order valence-electron chi connectivity index (χ0n) is 8.27. The van der Waals surface area contributed by atoms with Crippen molar-refractivity contribution in [1.82, 2.24) is 0 Å². The van der Waals surface area contributed by atoms with E-state index in [9.17, 15) is 4.79 Å². The van der Waals surface area contributed by atoms with Gasteiger partial charge in [-0.05, 0) is 24.6 Å². The molecule has 80 valence electrons. The van der Waals surface area contributed by atoms with Gasteiger partial charge < -0.3 is 5.73 Å². The predicted molar refractivity (Wildman–Crippen MR) is 66.2 cm³/mol. The second-order valence-corrected chi connectivity index (χ2v) is 4.64. The first-order valence-electron chi connectivity index (χ1n) is 4.39. The van der Waals surface area contributed by atoms with Crippen molar-refractivity contribution in [2.45, 2.75) is 16.7 Å². The molecule has 1 aromatic rings. The lowest BCUT2D eigenvalue weighted by Crippen LogP contribution is -2.41. The van der Waals surface area contributed by atoms with Crippen LogP contribution in [0.3, 0.4) is 0 Å². The summed E-state index contributed by atoms with van der Waals surface area (Å²) in [7, 11) is 0. The van der Waals surface area contributed by atoms with Crippen LogP contribution in [0.2, 0.25) is 0 Å². The van der Waals surface area contributed by atoms with E-state index in [4.69, 9.17) is 5.73 Å². The molecule has 1 aliphatic rings. The van der Waals surface area contributed by atoms with E-state index in [1.54, 1.807) is 6.08 Å². The maximum Gasteiger partial charge on any atom is 0.164 e. The minimum atomic E-state index is -0.881. The van der Waals surface area contributed by atoms with Gasteiger partial charge in [-0.1, -0.05) is 36.0 Å². The molecule has 0 aliphatic carbocycles. The highest BCUT2D eigenvalue weighted by molar-refractivity contribution is 8.01. The zero-order valence-corrected chi connectivity index (χ0v) is 9.90. The van der Waals surface area contributed by atoms with E-state index in [1.165, 1.54) is 18.7 Å². The maximum atomic E-state index is 11.3. The molecular weight excluding hydrogens is 230 g/mol. The van der Waals surface area contributed by atoms with E-state index in [1.807, 2.05) is 30.3 Å². The van der Waals surface area contributed by atoms with Gasteiger partial charge in [0.25, 0.3) is 0 Å². The molecule has 15 heavy (non-hydrogen) atoms. The van der Waals surface area contributed by atoms with Gasteiger partial charge in [-0.25, -0.2) is 0 Å². The molecule has 1 aliphatic heterocycles. The summed E-state index contributed by atoms with van der Waals surface area (Å²) in [4.78, 5) is 11.5. The van der Waals surface area contributed by atoms with Gasteiger partial charge in [-0.15, -0.1) is 12.4 Å². The van der Waals surface area contributed by atoms with Gasteiger partial charge in [0.15, 0.2) is 5.78 Å². The Kier molecular flexibility index (Phi) is 3.60. The Morgan fingerprint density at radius 2 is 2.07 bits per heavy atom. The number of nitrogens with two attached hydrogens (primary N) is 1. The summed E-state index contributed by atoms with van der Waals surface area (Å²) >= 11 is 1.41. The van der Waals surface area contributed by atoms with Crippen molar-refractivity contribution < 1.29 is 4.79 Å². The number of carbonyl (C=O) groups excluding carboxylic acids is 1. The van der Waals surface area contributed by atoms with Gasteiger partial charge >= 0.3 is 0 Å². The van der Waals surface area contributed by atoms with Gasteiger partial charge in [-0.2, -0.15) is 0 Å². The molecule has 0 amide bonds. The molecule has 2 nitrogen and oxygen atoms in total. The Morgan fingerprint density at radius 1 is 1.40 bits per heavy atom. The first-order valence-corrected chi connectivity index (χ1v) is 5.21. The maximum absolute atomic E-state index is 11.3. The monoisotopic (exact) mass is 241 g/mol. The number of thioether (sulfide) groups is 1. The number of hydrogen-bond acceptors (Lipinski definition) is 3. The van der Waals surface area contributed by atoms with Crippen molar-refractivity contribution in [3.05, 3.63) is 35.9 Å². The Balaban J connectivity index is 0.00000112. The number of benzene rings is 1. The quantitative estimate of drug-likeness (QED) is 0.822. The van der Waals surface area contributed by atoms with E-state index < -0.39 is 4.87 Å². The van der Waals surface area contributed by atoms with E-state index in [0.717, 1.165) is 10.5 Å². The van der Waals surface area contributed by atoms with E-state index in [2.05, 4.69) is 0 Å². The van der Waals surface area contributed by atoms with Gasteiger partial charge in [-0.3, -0.25) is 4.79 Å². The first-order chi connectivity index (χ1) is 6.62. The fourth-order valence-corrected chi connectivity index (χ4v) is 2.37. The fraction of sp³-hybridized carbons (Fsp3) is 0.182. The molecule has 1 aromatic carbocycles. The molecule has 2 rings (SSSR count). The van der Waals surface area contributed by atoms with Crippen LogP contribution in [0.15, 0.2) is 35.2 Å². The van der Waals surface area contributed by atoms with Crippen molar-refractivity contribution >= 4 is 36.0 Å². The molecule has 4 heteroatoms. The number of ketones is 1. The van der Waals surface area contributed by atoms with Crippen molar-refractivity contribution in [2.24, 2.45) is 5.73 Å². The molecule has 0 spiro atoms. The summed E-state index contributed by atoms with van der Waals surface area (Å²) in [6.45, 7) is 1.52. The highest BCUT2D eigenvalue weighted by Crippen LogP contribution is 2.38. The summed E-state index contributed by atoms with van der Waals surface area (Å²) in [5, 5.41) is 0. The summed E-state index contributed by atoms with van der Waals surface area (Å²) in [6.07, 6.45) is 3.68. The third-order valence-electron chi connectivity index (χ3n) is 2.26. The highest BCUT2D eigenvalue weighted by atomic mass is 35.5. The summed E-state index contributed by atoms with van der Waals surface area (Å²) in [5.41, 5.74) is 7.07. The number of halogens is 1. The van der Waals surface area contributed by atoms with E-state index in [-0.39, 0.29) is 18.2 Å². The van der Waals surface area contributed by atoms with Crippen LogP contribution >= 0.6 is 24.2 Å². The van der Waals surface area contributed by atoms with Gasteiger partial charge in [0.05, 0.1) is 0 Å². The lowest BCUT2D eigenvalue weighted by atomic mass is 10.1. The van der Waals surface area contributed by atoms with Gasteiger partial charge in [0, 0.05) is 4.90 Å². The lowest BCUT2D eigenvalue weighted by Gasteiger charge is -2.26. The van der Waals surface area contributed by atoms with Crippen LogP contribution in [0.5, 0.6) is 0 Å². The largest absolute Gasteiger partial charge is 0.307 e. The number of hydrogen-bond donors (Lipinski definition) is 1. The van der Waals surface area contributed by atoms with E-state index in [0.29, 0.717) is 0 Å². The third-order valence-corrected chi connectivity index (χ3v) is 3.61. The Morgan fingerprint density at radius 3 is 2.73 bits per heavy atom. The molecule has 0 saturated carbocycles. The molecule has 1 heterocycles. The molecule has 1 unspecified atom stereocenters. The normalized spacial score (nSPS) is 22.8. The van der Waals surface area contributed by atoms with Crippen LogP contribution in [0.25, 0.3) is 6.08 Å². The minimum absolute atomic E-state index is 0. The van der Waals surface area contributed by atoms with Crippen molar-refractivity contribution in [3.8, 4) is 0 Å². The average molecular weight is 242 g/mol. The van der Waals surface area contributed by atoms with Crippen LogP contribution in [-0.2, 0) is 4.79 Å². The smallest absolute Gasteiger partial charge is 0.164 e. The van der Waals surface area contributed by atoms with Crippen LogP contribution in [0.1, 0.15) is 12.5 Å². The standard InChI is InChI=1S/C11H11NOS.ClH/c1-8(13)11(12)7-6-9-4-2-3-5-10(9)14-11;/h2-7H,12H2,1H3;1H. The second kappa shape index (κ2) is 4.39. The molecule has 0 bridgehead atoms. The number of rotatable bonds is 1. The summed E-state index contributed by atoms with van der Waals surface area (Å²) in [5.74, 6) is -0.0201. The van der Waals surface area contributed by atoms with Crippen LogP contribution in [0.4, 0.5) is 0 Å². The number of Topliss-reactive ketones (excluding diaryl/α,β-unsaturated/α-hetero) is 1. The molecular formula is C11H12ClNOS. The zero-order chi connectivity index (χ0) is 10.2. The SMILES string of the molecule is CC(=O)C1(N)C=Cc2ccccc2S1.Cl. The lowest BCUT2D eigenvalue weighted by molar-refractivity contribution is -0.118. The first kappa shape index (κ1) is 12.3. The van der Waals surface area contributed by atoms with Crippen molar-refractivity contribution in [1.29, 1.82) is 0 Å². The van der Waals surface area contributed by atoms with Gasteiger partial charge in [0.2, 0.25) is 0 Å². The second-order valence-electron chi connectivity index (χ2n) is 3.32. The number of fused-ring (bicyclic) bond motifs is 1. The predicted octanol–water partition coefficient (Wildman–Crippen LogP) is 2.47. The molecule has 0 fully saturated rings. The topological polar surface area (TPSA) is 43.1 Å². The molecule has 0 saturated heterocycles.